The number of benzene rings is 2. The molecule has 1 aliphatic heterocycles. The number of aromatic nitrogens is 1. The number of nitrogens with one attached hydrogen (secondary N) is 1. The molecule has 0 saturated heterocycles. The Bertz CT molecular complexity index is 1090. The first kappa shape index (κ1) is 18.5. The molecule has 1 aromatic heterocycles. The van der Waals surface area contributed by atoms with Crippen molar-refractivity contribution >= 4 is 17.6 Å². The van der Waals surface area contributed by atoms with E-state index in [0.29, 0.717) is 34.5 Å². The second-order valence-electron chi connectivity index (χ2n) is 6.35. The van der Waals surface area contributed by atoms with E-state index in [-0.39, 0.29) is 24.7 Å². The largest absolute Gasteiger partial charge is 0.465 e. The van der Waals surface area contributed by atoms with E-state index in [0.717, 1.165) is 5.56 Å². The maximum atomic E-state index is 12.5. The van der Waals surface area contributed by atoms with Gasteiger partial charge in [0.05, 0.1) is 30.5 Å². The molecule has 2 aromatic carbocycles. The number of hydrogen-bond acceptors (Lipinski definition) is 7. The number of hydrogen-bond donors (Lipinski definition) is 1. The molecule has 0 saturated carbocycles. The van der Waals surface area contributed by atoms with Gasteiger partial charge in [0.2, 0.25) is 18.6 Å². The third-order valence-electron chi connectivity index (χ3n) is 4.45. The van der Waals surface area contributed by atoms with Crippen molar-refractivity contribution in [2.75, 3.05) is 19.2 Å². The number of rotatable bonds is 5. The van der Waals surface area contributed by atoms with Crippen LogP contribution in [0.25, 0.3) is 11.5 Å². The number of esters is 1. The molecule has 0 radical (unpaired) electrons. The topological polar surface area (TPSA) is 99.9 Å². The number of nitrogens with zero attached hydrogens (tertiary/aromatic N) is 1. The summed E-state index contributed by atoms with van der Waals surface area (Å²) >= 11 is 0. The summed E-state index contributed by atoms with van der Waals surface area (Å²) < 4.78 is 21.2. The van der Waals surface area contributed by atoms with Crippen LogP contribution in [0.3, 0.4) is 0 Å². The Morgan fingerprint density at radius 1 is 1.14 bits per heavy atom. The first-order valence-electron chi connectivity index (χ1n) is 8.88. The molecule has 29 heavy (non-hydrogen) atoms. The minimum Gasteiger partial charge on any atom is -0.465 e. The Hall–Kier alpha value is -3.81. The lowest BCUT2D eigenvalue weighted by molar-refractivity contribution is -0.115. The fourth-order valence-corrected chi connectivity index (χ4v) is 2.97. The molecule has 0 bridgehead atoms. The van der Waals surface area contributed by atoms with Crippen LogP contribution in [0.2, 0.25) is 0 Å². The fraction of sp³-hybridized carbons (Fsp3) is 0.190. The van der Waals surface area contributed by atoms with Gasteiger partial charge in [-0.05, 0) is 37.3 Å². The average molecular weight is 394 g/mol. The van der Waals surface area contributed by atoms with Gasteiger partial charge in [0, 0.05) is 5.56 Å². The van der Waals surface area contributed by atoms with Crippen molar-refractivity contribution in [3.8, 4) is 23.0 Å². The van der Waals surface area contributed by atoms with Gasteiger partial charge in [0.15, 0.2) is 11.5 Å². The van der Waals surface area contributed by atoms with Gasteiger partial charge in [0.25, 0.3) is 0 Å². The number of carbonyl (C=O) groups is 2. The normalized spacial score (nSPS) is 11.9. The van der Waals surface area contributed by atoms with Gasteiger partial charge in [-0.1, -0.05) is 12.1 Å². The molecule has 8 nitrogen and oxygen atoms in total. The number of carbonyl (C=O) groups excluding carboxylic acids is 2. The Morgan fingerprint density at radius 3 is 2.76 bits per heavy atom. The zero-order valence-electron chi connectivity index (χ0n) is 15.9. The van der Waals surface area contributed by atoms with E-state index >= 15 is 0 Å². The van der Waals surface area contributed by atoms with E-state index in [4.69, 9.17) is 18.6 Å². The van der Waals surface area contributed by atoms with E-state index in [9.17, 15) is 9.59 Å². The summed E-state index contributed by atoms with van der Waals surface area (Å²) in [6.07, 6.45) is -0.00457. The summed E-state index contributed by atoms with van der Waals surface area (Å²) in [5, 5.41) is 2.73. The van der Waals surface area contributed by atoms with Gasteiger partial charge in [-0.15, -0.1) is 0 Å². The zero-order chi connectivity index (χ0) is 20.4. The first-order valence-corrected chi connectivity index (χ1v) is 8.88. The van der Waals surface area contributed by atoms with Crippen molar-refractivity contribution in [3.05, 3.63) is 59.5 Å². The number of fused-ring (bicyclic) bond motifs is 1. The molecule has 8 heteroatoms. The zero-order valence-corrected chi connectivity index (χ0v) is 15.9. The summed E-state index contributed by atoms with van der Waals surface area (Å²) in [7, 11) is 1.29. The molecule has 0 aliphatic carbocycles. The average Bonchev–Trinajstić information content (AvgIpc) is 3.34. The van der Waals surface area contributed by atoms with Crippen molar-refractivity contribution in [3.63, 3.8) is 0 Å². The number of oxazole rings is 1. The Morgan fingerprint density at radius 2 is 1.93 bits per heavy atom. The van der Waals surface area contributed by atoms with Crippen LogP contribution in [0.1, 0.15) is 21.8 Å². The van der Waals surface area contributed by atoms with E-state index in [1.807, 2.05) is 6.07 Å². The van der Waals surface area contributed by atoms with Crippen LogP contribution in [-0.4, -0.2) is 30.8 Å². The monoisotopic (exact) mass is 394 g/mol. The van der Waals surface area contributed by atoms with E-state index in [1.165, 1.54) is 7.11 Å². The minimum atomic E-state index is -0.524. The maximum Gasteiger partial charge on any atom is 0.339 e. The summed E-state index contributed by atoms with van der Waals surface area (Å²) in [4.78, 5) is 28.8. The smallest absolute Gasteiger partial charge is 0.339 e. The lowest BCUT2D eigenvalue weighted by atomic mass is 10.1. The van der Waals surface area contributed by atoms with Gasteiger partial charge in [-0.2, -0.15) is 0 Å². The van der Waals surface area contributed by atoms with E-state index < -0.39 is 5.97 Å². The van der Waals surface area contributed by atoms with Crippen LogP contribution in [-0.2, 0) is 16.0 Å². The molecule has 0 spiro atoms. The minimum absolute atomic E-state index is 0.00457. The van der Waals surface area contributed by atoms with Crippen LogP contribution in [0.4, 0.5) is 5.69 Å². The van der Waals surface area contributed by atoms with Crippen LogP contribution in [0, 0.1) is 6.92 Å². The van der Waals surface area contributed by atoms with Crippen LogP contribution < -0.4 is 14.8 Å². The molecule has 0 atom stereocenters. The van der Waals surface area contributed by atoms with Crippen LogP contribution >= 0.6 is 0 Å². The second-order valence-corrected chi connectivity index (χ2v) is 6.35. The quantitative estimate of drug-likeness (QED) is 0.663. The van der Waals surface area contributed by atoms with Crippen molar-refractivity contribution in [1.29, 1.82) is 0 Å². The Balaban J connectivity index is 1.51. The molecule has 2 heterocycles. The number of ether oxygens (including phenoxy) is 3. The van der Waals surface area contributed by atoms with Crippen molar-refractivity contribution in [2.24, 2.45) is 0 Å². The summed E-state index contributed by atoms with van der Waals surface area (Å²) in [6, 6.07) is 12.0. The third kappa shape index (κ3) is 3.77. The molecule has 3 aromatic rings. The SMILES string of the molecule is COC(=O)c1ccccc1NC(=O)Cc1nc(-c2ccc3c(c2)OCO3)oc1C. The van der Waals surface area contributed by atoms with Crippen LogP contribution in [0.15, 0.2) is 46.9 Å². The number of amides is 1. The molecule has 0 fully saturated rings. The maximum absolute atomic E-state index is 12.5. The molecule has 148 valence electrons. The third-order valence-corrected chi connectivity index (χ3v) is 4.45. The number of para-hydroxylation sites is 1. The highest BCUT2D eigenvalue weighted by Crippen LogP contribution is 2.36. The van der Waals surface area contributed by atoms with Crippen LogP contribution in [0.5, 0.6) is 11.5 Å². The molecule has 4 rings (SSSR count). The second kappa shape index (κ2) is 7.67. The van der Waals surface area contributed by atoms with Crippen molar-refractivity contribution in [1.82, 2.24) is 4.98 Å². The Kier molecular flexibility index (Phi) is 4.90. The fourth-order valence-electron chi connectivity index (χ4n) is 2.97. The van der Waals surface area contributed by atoms with E-state index in [1.54, 1.807) is 43.3 Å². The summed E-state index contributed by atoms with van der Waals surface area (Å²) in [6.45, 7) is 1.93. The summed E-state index contributed by atoms with van der Waals surface area (Å²) in [5.41, 5.74) is 1.88. The standard InChI is InChI=1S/C21H18N2O6/c1-12-16(10-19(24)22-15-6-4-3-5-14(15)21(25)26-2)23-20(29-12)13-7-8-17-18(9-13)28-11-27-17/h3-9H,10-11H2,1-2H3,(H,22,24). The lowest BCUT2D eigenvalue weighted by Crippen LogP contribution is -2.17. The first-order chi connectivity index (χ1) is 14.0. The molecule has 1 amide bonds. The highest BCUT2D eigenvalue weighted by molar-refractivity contribution is 6.01. The molecule has 0 unspecified atom stereocenters. The highest BCUT2D eigenvalue weighted by atomic mass is 16.7. The van der Waals surface area contributed by atoms with Crippen molar-refractivity contribution < 1.29 is 28.2 Å². The molecule has 1 N–H and O–H groups in total. The molecular weight excluding hydrogens is 376 g/mol. The summed E-state index contributed by atoms with van der Waals surface area (Å²) in [5.74, 6) is 1.36. The van der Waals surface area contributed by atoms with Gasteiger partial charge in [-0.25, -0.2) is 9.78 Å². The van der Waals surface area contributed by atoms with Gasteiger partial charge in [0.1, 0.15) is 5.76 Å². The predicted molar refractivity (Wildman–Crippen MR) is 103 cm³/mol. The predicted octanol–water partition coefficient (Wildman–Crippen LogP) is 3.35. The Labute approximate surface area is 166 Å². The lowest BCUT2D eigenvalue weighted by Gasteiger charge is -2.09. The molecule has 1 aliphatic rings. The van der Waals surface area contributed by atoms with Gasteiger partial charge in [-0.3, -0.25) is 4.79 Å². The number of aryl methyl sites for hydroxylation is 1. The van der Waals surface area contributed by atoms with Crippen molar-refractivity contribution in [2.45, 2.75) is 13.3 Å². The highest BCUT2D eigenvalue weighted by Gasteiger charge is 2.19. The number of anilines is 1. The van der Waals surface area contributed by atoms with E-state index in [2.05, 4.69) is 10.3 Å². The molecular formula is C21H18N2O6. The number of methoxy groups -OCH3 is 1. The van der Waals surface area contributed by atoms with Gasteiger partial charge >= 0.3 is 5.97 Å². The van der Waals surface area contributed by atoms with Gasteiger partial charge < -0.3 is 23.9 Å².